The Hall–Kier alpha value is -4.51. The van der Waals surface area contributed by atoms with E-state index in [1.165, 1.54) is 23.4 Å². The monoisotopic (exact) mass is 494 g/mol. The second kappa shape index (κ2) is 11.8. The molecule has 36 heavy (non-hydrogen) atoms. The number of aliphatic carboxylic acids is 2. The summed E-state index contributed by atoms with van der Waals surface area (Å²) in [7, 11) is 0. The first-order valence-electron chi connectivity index (χ1n) is 11.2. The minimum Gasteiger partial charge on any atom is -0.478 e. The van der Waals surface area contributed by atoms with Crippen molar-refractivity contribution in [3.05, 3.63) is 81.6 Å². The summed E-state index contributed by atoms with van der Waals surface area (Å²) in [5, 5.41) is 27.5. The molecule has 4 rings (SSSR count). The van der Waals surface area contributed by atoms with Gasteiger partial charge in [0.1, 0.15) is 0 Å². The fourth-order valence-electron chi connectivity index (χ4n) is 4.03. The van der Waals surface area contributed by atoms with Gasteiger partial charge in [0.25, 0.3) is 5.69 Å². The Bertz CT molecular complexity index is 1280. The molecular formula is C25H26N4O7. The number of aromatic nitrogens is 1. The summed E-state index contributed by atoms with van der Waals surface area (Å²) in [5.74, 6) is -2.51. The van der Waals surface area contributed by atoms with Gasteiger partial charge in [-0.25, -0.2) is 9.59 Å². The van der Waals surface area contributed by atoms with E-state index in [1.807, 2.05) is 18.2 Å². The maximum absolute atomic E-state index is 11.7. The number of nitro benzene ring substituents is 1. The van der Waals surface area contributed by atoms with Crippen molar-refractivity contribution in [2.45, 2.75) is 31.7 Å². The molecule has 11 heteroatoms. The van der Waals surface area contributed by atoms with Crippen LogP contribution in [0.1, 0.15) is 23.2 Å². The molecule has 1 aliphatic rings. The van der Waals surface area contributed by atoms with Crippen molar-refractivity contribution < 1.29 is 29.5 Å². The highest BCUT2D eigenvalue weighted by Crippen LogP contribution is 2.31. The van der Waals surface area contributed by atoms with Crippen LogP contribution in [0.4, 0.5) is 11.4 Å². The smallest absolute Gasteiger partial charge is 0.328 e. The van der Waals surface area contributed by atoms with E-state index in [0.29, 0.717) is 25.1 Å². The number of carbonyl (C=O) groups is 3. The molecule has 1 aliphatic carbocycles. The quantitative estimate of drug-likeness (QED) is 0.160. The lowest BCUT2D eigenvalue weighted by Crippen LogP contribution is -2.27. The summed E-state index contributed by atoms with van der Waals surface area (Å²) in [6.07, 6.45) is 5.36. The summed E-state index contributed by atoms with van der Waals surface area (Å²) in [6.45, 7) is 0.499. The van der Waals surface area contributed by atoms with Gasteiger partial charge in [-0.05, 0) is 55.0 Å². The molecule has 0 spiro atoms. The van der Waals surface area contributed by atoms with E-state index in [9.17, 15) is 24.5 Å². The number of H-pyrrole nitrogens is 1. The van der Waals surface area contributed by atoms with Gasteiger partial charge < -0.3 is 25.8 Å². The van der Waals surface area contributed by atoms with Gasteiger partial charge in [-0.2, -0.15) is 0 Å². The van der Waals surface area contributed by atoms with Crippen LogP contribution >= 0.6 is 0 Å². The number of hydrogen-bond acceptors (Lipinski definition) is 6. The fraction of sp³-hybridized carbons (Fsp3) is 0.240. The third-order valence-electron chi connectivity index (χ3n) is 5.83. The lowest BCUT2D eigenvalue weighted by atomic mass is 9.92. The number of non-ortho nitro benzene ring substituents is 1. The van der Waals surface area contributed by atoms with Crippen molar-refractivity contribution in [1.29, 1.82) is 0 Å². The van der Waals surface area contributed by atoms with E-state index in [1.54, 1.807) is 17.0 Å². The van der Waals surface area contributed by atoms with Gasteiger partial charge in [-0.15, -0.1) is 0 Å². The maximum atomic E-state index is 11.7. The molecule has 0 radical (unpaired) electrons. The average Bonchev–Trinajstić information content (AvgIpc) is 3.21. The van der Waals surface area contributed by atoms with Crippen molar-refractivity contribution in [2.24, 2.45) is 5.73 Å². The number of nitrogens with two attached hydrogens (primary N) is 1. The number of amides is 1. The average molecular weight is 495 g/mol. The number of aromatic amines is 1. The largest absolute Gasteiger partial charge is 0.478 e. The highest BCUT2D eigenvalue weighted by atomic mass is 16.6. The number of aryl methyl sites for hydroxylation is 1. The molecule has 3 aromatic rings. The zero-order chi connectivity index (χ0) is 26.2. The lowest BCUT2D eigenvalue weighted by Gasteiger charge is -2.19. The van der Waals surface area contributed by atoms with Crippen LogP contribution in [0, 0.1) is 10.1 Å². The predicted molar refractivity (Wildman–Crippen MR) is 133 cm³/mol. The van der Waals surface area contributed by atoms with E-state index >= 15 is 0 Å². The Kier molecular flexibility index (Phi) is 8.52. The Morgan fingerprint density at radius 2 is 1.81 bits per heavy atom. The normalized spacial score (nSPS) is 14.5. The molecule has 0 saturated heterocycles. The first kappa shape index (κ1) is 26.1. The van der Waals surface area contributed by atoms with Gasteiger partial charge in [0, 0.05) is 59.2 Å². The summed E-state index contributed by atoms with van der Waals surface area (Å²) < 4.78 is 0. The summed E-state index contributed by atoms with van der Waals surface area (Å²) in [4.78, 5) is 46.3. The number of rotatable bonds is 8. The van der Waals surface area contributed by atoms with Crippen molar-refractivity contribution in [1.82, 2.24) is 4.98 Å². The zero-order valence-corrected chi connectivity index (χ0v) is 19.3. The molecule has 1 atom stereocenters. The van der Waals surface area contributed by atoms with E-state index in [-0.39, 0.29) is 11.7 Å². The summed E-state index contributed by atoms with van der Waals surface area (Å²) in [5.41, 5.74) is 11.6. The van der Waals surface area contributed by atoms with Crippen molar-refractivity contribution in [2.75, 3.05) is 11.4 Å². The fourth-order valence-corrected chi connectivity index (χ4v) is 4.03. The van der Waals surface area contributed by atoms with Gasteiger partial charge in [0.05, 0.1) is 4.92 Å². The molecule has 188 valence electrons. The maximum Gasteiger partial charge on any atom is 0.328 e. The molecule has 0 fully saturated rings. The third kappa shape index (κ3) is 6.76. The lowest BCUT2D eigenvalue weighted by molar-refractivity contribution is -0.384. The summed E-state index contributed by atoms with van der Waals surface area (Å²) >= 11 is 0. The number of carbonyl (C=O) groups excluding carboxylic acids is 1. The van der Waals surface area contributed by atoms with Crippen molar-refractivity contribution in [3.8, 4) is 0 Å². The van der Waals surface area contributed by atoms with Crippen LogP contribution in [0.25, 0.3) is 10.9 Å². The number of anilines is 1. The molecule has 1 amide bonds. The minimum atomic E-state index is -1.26. The predicted octanol–water partition coefficient (Wildman–Crippen LogP) is 2.81. The number of nitro groups is 1. The second-order valence-corrected chi connectivity index (χ2v) is 8.30. The van der Waals surface area contributed by atoms with Crippen molar-refractivity contribution in [3.63, 3.8) is 0 Å². The van der Waals surface area contributed by atoms with E-state index in [4.69, 9.17) is 15.9 Å². The Labute approximate surface area is 206 Å². The first-order valence-corrected chi connectivity index (χ1v) is 11.2. The molecule has 2 aromatic carbocycles. The molecule has 0 aliphatic heterocycles. The van der Waals surface area contributed by atoms with Crippen LogP contribution in [0.5, 0.6) is 0 Å². The number of benzene rings is 2. The topological polar surface area (TPSA) is 180 Å². The Morgan fingerprint density at radius 1 is 1.14 bits per heavy atom. The number of hydrogen-bond donors (Lipinski definition) is 4. The minimum absolute atomic E-state index is 0.0666. The van der Waals surface area contributed by atoms with Crippen LogP contribution < -0.4 is 10.6 Å². The molecule has 1 aromatic heterocycles. The van der Waals surface area contributed by atoms with Crippen LogP contribution in [-0.4, -0.2) is 51.1 Å². The molecule has 1 unspecified atom stereocenters. The summed E-state index contributed by atoms with van der Waals surface area (Å²) in [6, 6.07) is 12.6. The van der Waals surface area contributed by atoms with E-state index < -0.39 is 16.9 Å². The van der Waals surface area contributed by atoms with Gasteiger partial charge in [-0.3, -0.25) is 14.9 Å². The van der Waals surface area contributed by atoms with Crippen LogP contribution in [0.2, 0.25) is 0 Å². The molecule has 5 N–H and O–H groups in total. The highest BCUT2D eigenvalue weighted by molar-refractivity contribution is 5.91. The first-order chi connectivity index (χ1) is 17.2. The van der Waals surface area contributed by atoms with Gasteiger partial charge in [-0.1, -0.05) is 12.1 Å². The number of nitrogens with one attached hydrogen (secondary N) is 1. The van der Waals surface area contributed by atoms with E-state index in [0.717, 1.165) is 47.8 Å². The molecule has 0 bridgehead atoms. The Morgan fingerprint density at radius 3 is 2.39 bits per heavy atom. The molecule has 1 heterocycles. The third-order valence-corrected chi connectivity index (χ3v) is 5.83. The SMILES string of the molecule is NC1CCc2[nH]c3ccc(N(C=O)CCc4ccc([N+](=O)[O-])cc4)cc3c2C1.O=C(O)/C=C/C(=O)O. The van der Waals surface area contributed by atoms with Gasteiger partial charge in [0.2, 0.25) is 6.41 Å². The van der Waals surface area contributed by atoms with Crippen LogP contribution in [0.15, 0.2) is 54.6 Å². The number of fused-ring (bicyclic) bond motifs is 3. The standard InChI is InChI=1S/C21H22N4O3.C4H4O4/c22-15-3-7-20-18(11-15)19-12-17(6-8-21(19)23-20)24(13-26)10-9-14-1-4-16(5-2-14)25(27)28;5-3(6)1-2-4(7)8/h1-2,4-6,8,12-13,15,23H,3,7,9-11,22H2;1-2H,(H,5,6)(H,7,8)/b;2-1+. The van der Waals surface area contributed by atoms with Gasteiger partial charge in [0.15, 0.2) is 0 Å². The highest BCUT2D eigenvalue weighted by Gasteiger charge is 2.20. The van der Waals surface area contributed by atoms with E-state index in [2.05, 4.69) is 4.98 Å². The van der Waals surface area contributed by atoms with Crippen LogP contribution in [-0.2, 0) is 33.6 Å². The van der Waals surface area contributed by atoms with Crippen molar-refractivity contribution >= 4 is 40.6 Å². The molecular weight excluding hydrogens is 468 g/mol. The molecule has 11 nitrogen and oxygen atoms in total. The Balaban J connectivity index is 0.000000392. The zero-order valence-electron chi connectivity index (χ0n) is 19.3. The second-order valence-electron chi connectivity index (χ2n) is 8.30. The van der Waals surface area contributed by atoms with Crippen LogP contribution in [0.3, 0.4) is 0 Å². The van der Waals surface area contributed by atoms with Gasteiger partial charge >= 0.3 is 11.9 Å². The molecule has 0 saturated carbocycles. The number of nitrogens with zero attached hydrogens (tertiary/aromatic N) is 2. The number of carboxylic acid groups (broad SMARTS) is 2. The number of carboxylic acids is 2.